The molecule has 0 aliphatic heterocycles. The maximum absolute atomic E-state index is 11.2. The Balaban J connectivity index is 3.99. The summed E-state index contributed by atoms with van der Waals surface area (Å²) in [7, 11) is 0.347. The summed E-state index contributed by atoms with van der Waals surface area (Å²) in [6, 6.07) is 3.65. The number of carbonyl (C=O) groups is 1. The van der Waals surface area contributed by atoms with E-state index in [-0.39, 0.29) is 5.97 Å². The number of carbonyl (C=O) groups excluding carboxylic acids is 1. The lowest BCUT2D eigenvalue weighted by Gasteiger charge is -2.29. The molecule has 0 unspecified atom stereocenters. The smallest absolute Gasteiger partial charge is 0.333 e. The van der Waals surface area contributed by atoms with Gasteiger partial charge in [0.25, 0.3) is 0 Å². The van der Waals surface area contributed by atoms with Crippen molar-refractivity contribution in [3.8, 4) is 0 Å². The van der Waals surface area contributed by atoms with E-state index in [1.54, 1.807) is 6.92 Å². The van der Waals surface area contributed by atoms with Gasteiger partial charge in [-0.2, -0.15) is 0 Å². The molecule has 0 amide bonds. The zero-order valence-electron chi connectivity index (χ0n) is 13.1. The fraction of sp³-hybridized carbons (Fsp3) is 0.800. The van der Waals surface area contributed by atoms with Crippen molar-refractivity contribution >= 4 is 14.3 Å². The monoisotopic (exact) mass is 286 g/mol. The summed E-state index contributed by atoms with van der Waals surface area (Å²) in [5, 5.41) is 0. The van der Waals surface area contributed by atoms with Crippen LogP contribution in [0, 0.1) is 0 Å². The van der Waals surface area contributed by atoms with Gasteiger partial charge in [0.2, 0.25) is 0 Å². The van der Waals surface area contributed by atoms with Crippen LogP contribution in [0.25, 0.3) is 0 Å². The Morgan fingerprint density at radius 2 is 1.68 bits per heavy atom. The van der Waals surface area contributed by atoms with Crippen LogP contribution in [0.1, 0.15) is 46.5 Å². The number of hydrogen-bond acceptors (Lipinski definition) is 3. The highest BCUT2D eigenvalue weighted by molar-refractivity contribution is 6.73. The number of hydrogen-bond donors (Lipinski definition) is 0. The van der Waals surface area contributed by atoms with Crippen molar-refractivity contribution in [1.82, 2.24) is 0 Å². The van der Waals surface area contributed by atoms with E-state index in [4.69, 9.17) is 9.16 Å². The van der Waals surface area contributed by atoms with Crippen molar-refractivity contribution in [3.05, 3.63) is 12.2 Å². The fourth-order valence-corrected chi connectivity index (χ4v) is 6.51. The maximum Gasteiger partial charge on any atom is 0.333 e. The molecule has 4 heteroatoms. The Labute approximate surface area is 119 Å². The van der Waals surface area contributed by atoms with E-state index in [0.717, 1.165) is 12.8 Å². The van der Waals surface area contributed by atoms with Gasteiger partial charge in [-0.05, 0) is 31.5 Å². The predicted octanol–water partition coefficient (Wildman–Crippen LogP) is 4.30. The third-order valence-corrected chi connectivity index (χ3v) is 8.41. The molecule has 0 spiro atoms. The molecule has 19 heavy (non-hydrogen) atoms. The van der Waals surface area contributed by atoms with Crippen LogP contribution in [-0.4, -0.2) is 28.0 Å². The van der Waals surface area contributed by atoms with E-state index < -0.39 is 8.32 Å². The van der Waals surface area contributed by atoms with Crippen molar-refractivity contribution in [2.75, 3.05) is 13.7 Å². The Kier molecular flexibility index (Phi) is 9.88. The summed E-state index contributed by atoms with van der Waals surface area (Å²) >= 11 is 0. The first-order valence-electron chi connectivity index (χ1n) is 7.39. The molecule has 0 heterocycles. The maximum atomic E-state index is 11.2. The average molecular weight is 286 g/mol. The van der Waals surface area contributed by atoms with Crippen molar-refractivity contribution in [1.29, 1.82) is 0 Å². The molecular formula is C15H30O3Si. The lowest BCUT2D eigenvalue weighted by Crippen LogP contribution is -2.36. The second-order valence-electron chi connectivity index (χ2n) is 5.26. The number of rotatable bonds is 11. The Bertz CT molecular complexity index is 271. The van der Waals surface area contributed by atoms with Crippen LogP contribution in [0.3, 0.4) is 0 Å². The minimum absolute atomic E-state index is 0.280. The lowest BCUT2D eigenvalue weighted by atomic mass is 10.3. The van der Waals surface area contributed by atoms with Crippen molar-refractivity contribution in [2.24, 2.45) is 0 Å². The van der Waals surface area contributed by atoms with E-state index in [1.165, 1.54) is 31.0 Å². The van der Waals surface area contributed by atoms with E-state index in [0.29, 0.717) is 12.2 Å². The third kappa shape index (κ3) is 7.53. The van der Waals surface area contributed by atoms with Crippen LogP contribution in [0.2, 0.25) is 18.1 Å². The van der Waals surface area contributed by atoms with Gasteiger partial charge in [0.1, 0.15) is 0 Å². The second kappa shape index (κ2) is 10.2. The summed E-state index contributed by atoms with van der Waals surface area (Å²) in [5.41, 5.74) is 0.470. The highest BCUT2D eigenvalue weighted by Gasteiger charge is 2.31. The average Bonchev–Trinajstić information content (AvgIpc) is 2.38. The molecule has 0 aliphatic rings. The van der Waals surface area contributed by atoms with Gasteiger partial charge in [0.15, 0.2) is 8.32 Å². The molecule has 112 valence electrons. The molecule has 0 radical (unpaired) electrons. The SMILES string of the molecule is C=C(C)C(=O)OCCCC[Si](CCC)(CCC)OC. The van der Waals surface area contributed by atoms with Crippen molar-refractivity contribution in [2.45, 2.75) is 64.6 Å². The summed E-state index contributed by atoms with van der Waals surface area (Å²) in [4.78, 5) is 11.2. The van der Waals surface area contributed by atoms with Gasteiger partial charge in [0, 0.05) is 12.7 Å². The van der Waals surface area contributed by atoms with Crippen LogP contribution >= 0.6 is 0 Å². The largest absolute Gasteiger partial charge is 0.462 e. The topological polar surface area (TPSA) is 35.5 Å². The molecular weight excluding hydrogens is 256 g/mol. The van der Waals surface area contributed by atoms with Crippen molar-refractivity contribution in [3.63, 3.8) is 0 Å². The third-order valence-electron chi connectivity index (χ3n) is 3.45. The van der Waals surface area contributed by atoms with E-state index in [9.17, 15) is 4.79 Å². The zero-order chi connectivity index (χ0) is 14.7. The molecule has 0 aromatic rings. The Hall–Kier alpha value is -0.613. The standard InChI is InChI=1S/C15H30O3Si/c1-6-11-19(17-5,12-7-2)13-9-8-10-18-15(16)14(3)4/h3,6-13H2,1-2,4-5H3. The normalized spacial score (nSPS) is 11.4. The molecule has 0 saturated carbocycles. The molecule has 0 N–H and O–H groups in total. The molecule has 0 bridgehead atoms. The predicted molar refractivity (Wildman–Crippen MR) is 82.8 cm³/mol. The number of ether oxygens (including phenoxy) is 1. The summed E-state index contributed by atoms with van der Waals surface area (Å²) in [6.45, 7) is 10.2. The second-order valence-corrected chi connectivity index (χ2v) is 9.53. The first-order chi connectivity index (χ1) is 9.01. The van der Waals surface area contributed by atoms with Gasteiger partial charge in [-0.15, -0.1) is 0 Å². The Morgan fingerprint density at radius 3 is 2.11 bits per heavy atom. The van der Waals surface area contributed by atoms with Crippen LogP contribution in [-0.2, 0) is 14.0 Å². The van der Waals surface area contributed by atoms with Gasteiger partial charge < -0.3 is 9.16 Å². The van der Waals surface area contributed by atoms with E-state index >= 15 is 0 Å². The fourth-order valence-electron chi connectivity index (χ4n) is 2.43. The van der Waals surface area contributed by atoms with Gasteiger partial charge in [-0.1, -0.05) is 39.7 Å². The minimum atomic E-state index is -1.53. The van der Waals surface area contributed by atoms with Crippen LogP contribution in [0.15, 0.2) is 12.2 Å². The summed E-state index contributed by atoms with van der Waals surface area (Å²) < 4.78 is 11.0. The minimum Gasteiger partial charge on any atom is -0.462 e. The van der Waals surface area contributed by atoms with E-state index in [1.807, 2.05) is 7.11 Å². The highest BCUT2D eigenvalue weighted by Crippen LogP contribution is 2.27. The summed E-state index contributed by atoms with van der Waals surface area (Å²) in [6.07, 6.45) is 4.41. The van der Waals surface area contributed by atoms with Crippen molar-refractivity contribution < 1.29 is 14.0 Å². The van der Waals surface area contributed by atoms with Crippen LogP contribution < -0.4 is 0 Å². The van der Waals surface area contributed by atoms with Gasteiger partial charge in [0.05, 0.1) is 6.61 Å². The molecule has 0 aliphatic carbocycles. The molecule has 0 aromatic carbocycles. The van der Waals surface area contributed by atoms with Crippen LogP contribution in [0.5, 0.6) is 0 Å². The molecule has 0 aromatic heterocycles. The highest BCUT2D eigenvalue weighted by atomic mass is 28.4. The molecule has 0 atom stereocenters. The van der Waals surface area contributed by atoms with Gasteiger partial charge in [-0.3, -0.25) is 0 Å². The van der Waals surface area contributed by atoms with Gasteiger partial charge in [-0.25, -0.2) is 4.79 Å². The van der Waals surface area contributed by atoms with E-state index in [2.05, 4.69) is 20.4 Å². The summed E-state index contributed by atoms with van der Waals surface area (Å²) in [5.74, 6) is -0.280. The molecule has 3 nitrogen and oxygen atoms in total. The quantitative estimate of drug-likeness (QED) is 0.246. The lowest BCUT2D eigenvalue weighted by molar-refractivity contribution is -0.139. The van der Waals surface area contributed by atoms with Gasteiger partial charge >= 0.3 is 5.97 Å². The first kappa shape index (κ1) is 18.4. The number of esters is 1. The number of unbranched alkanes of at least 4 members (excludes halogenated alkanes) is 1. The first-order valence-corrected chi connectivity index (χ1v) is 9.92. The molecule has 0 saturated heterocycles. The van der Waals surface area contributed by atoms with Crippen LogP contribution in [0.4, 0.5) is 0 Å². The molecule has 0 rings (SSSR count). The molecule has 0 fully saturated rings. The Morgan fingerprint density at radius 1 is 1.11 bits per heavy atom. The zero-order valence-corrected chi connectivity index (χ0v) is 14.1.